The zero-order valence-electron chi connectivity index (χ0n) is 20.2. The van der Waals surface area contributed by atoms with Crippen molar-refractivity contribution in [3.05, 3.63) is 61.6 Å². The first kappa shape index (κ1) is 28.8. The first-order valence-electron chi connectivity index (χ1n) is 11.8. The van der Waals surface area contributed by atoms with Gasteiger partial charge in [0.25, 0.3) is 5.91 Å². The van der Waals surface area contributed by atoms with Crippen LogP contribution in [0.4, 0.5) is 17.6 Å². The quantitative estimate of drug-likeness (QED) is 0.434. The van der Waals surface area contributed by atoms with Crippen LogP contribution in [0.5, 0.6) is 0 Å². The molecule has 2 aromatic heterocycles. The molecule has 39 heavy (non-hydrogen) atoms. The summed E-state index contributed by atoms with van der Waals surface area (Å²) in [5.74, 6) is -3.85. The fourth-order valence-electron chi connectivity index (χ4n) is 4.90. The lowest BCUT2D eigenvalue weighted by atomic mass is 9.78. The van der Waals surface area contributed by atoms with Gasteiger partial charge >= 0.3 is 11.9 Å². The van der Waals surface area contributed by atoms with Gasteiger partial charge in [0.05, 0.1) is 18.7 Å². The number of carboxylic acid groups (broad SMARTS) is 1. The van der Waals surface area contributed by atoms with E-state index in [2.05, 4.69) is 20.5 Å². The first-order chi connectivity index (χ1) is 18.3. The van der Waals surface area contributed by atoms with Crippen molar-refractivity contribution in [3.8, 4) is 0 Å². The van der Waals surface area contributed by atoms with E-state index in [0.29, 0.717) is 24.3 Å². The number of hydrogen-bond donors (Lipinski definition) is 2. The number of nitrogens with one attached hydrogen (secondary N) is 1. The Labute approximate surface area is 227 Å². The number of quaternary nitrogens is 1. The van der Waals surface area contributed by atoms with Crippen molar-refractivity contribution in [3.63, 3.8) is 0 Å². The maximum atomic E-state index is 14.6. The number of nitrogens with zero attached hydrogens (tertiary/aromatic N) is 4. The van der Waals surface area contributed by atoms with Gasteiger partial charge in [-0.3, -0.25) is 4.79 Å². The molecule has 0 radical (unpaired) electrons. The Morgan fingerprint density at radius 1 is 1.18 bits per heavy atom. The van der Waals surface area contributed by atoms with Crippen molar-refractivity contribution in [2.45, 2.75) is 31.9 Å². The van der Waals surface area contributed by atoms with Crippen molar-refractivity contribution in [1.29, 1.82) is 0 Å². The van der Waals surface area contributed by atoms with Crippen LogP contribution in [-0.4, -0.2) is 68.7 Å². The number of rotatable bonds is 3. The molecule has 4 heterocycles. The van der Waals surface area contributed by atoms with E-state index in [1.807, 2.05) is 0 Å². The molecule has 3 aromatic rings. The number of fused-ring (bicyclic) bond motifs is 1. The number of carbonyl (C=O) groups is 2. The lowest BCUT2D eigenvalue weighted by Gasteiger charge is -2.31. The smallest absolute Gasteiger partial charge is 0.430 e. The summed E-state index contributed by atoms with van der Waals surface area (Å²) in [6, 6.07) is 4.43. The van der Waals surface area contributed by atoms with E-state index in [0.717, 1.165) is 36.8 Å². The minimum Gasteiger partial charge on any atom is -0.542 e. The summed E-state index contributed by atoms with van der Waals surface area (Å²) in [6.45, 7) is 3.48. The average molecular weight is 593 g/mol. The van der Waals surface area contributed by atoms with Crippen LogP contribution in [-0.2, 0) is 11.2 Å². The number of H-pyrrole nitrogens is 1. The van der Waals surface area contributed by atoms with Crippen molar-refractivity contribution < 1.29 is 37.6 Å². The lowest BCUT2D eigenvalue weighted by Crippen LogP contribution is -2.87. The molecule has 2 aliphatic heterocycles. The number of hydrogen-bond acceptors (Lipinski definition) is 6. The van der Waals surface area contributed by atoms with Crippen molar-refractivity contribution in [1.82, 2.24) is 24.5 Å². The summed E-state index contributed by atoms with van der Waals surface area (Å²) in [7, 11) is 0. The number of aliphatic carboxylic acids is 1. The number of carbonyl (C=O) groups excluding carboxylic acids is 2. The second-order valence-electron chi connectivity index (χ2n) is 9.45. The number of amides is 1. The van der Waals surface area contributed by atoms with Crippen LogP contribution in [0, 0.1) is 11.2 Å². The highest BCUT2D eigenvalue weighted by atomic mass is 35.5. The van der Waals surface area contributed by atoms with Crippen LogP contribution < -0.4 is 16.1 Å². The van der Waals surface area contributed by atoms with Crippen LogP contribution in [0.2, 0.25) is 10.3 Å². The van der Waals surface area contributed by atoms with Crippen LogP contribution in [0.25, 0.3) is 5.65 Å². The Morgan fingerprint density at radius 2 is 1.85 bits per heavy atom. The van der Waals surface area contributed by atoms with Gasteiger partial charge in [-0.05, 0) is 24.1 Å². The maximum absolute atomic E-state index is 14.6. The molecule has 5 rings (SSSR count). The van der Waals surface area contributed by atoms with Gasteiger partial charge in [0.2, 0.25) is 0 Å². The number of aromatic amines is 1. The van der Waals surface area contributed by atoms with Crippen LogP contribution in [0.3, 0.4) is 0 Å². The Hall–Kier alpha value is -3.23. The molecule has 0 saturated carbocycles. The van der Waals surface area contributed by atoms with Gasteiger partial charge in [0, 0.05) is 37.8 Å². The zero-order valence-corrected chi connectivity index (χ0v) is 21.7. The third kappa shape index (κ3) is 6.17. The first-order valence-corrected chi connectivity index (χ1v) is 12.6. The number of piperidine rings is 1. The number of alkyl halides is 3. The molecule has 0 unspecified atom stereocenters. The summed E-state index contributed by atoms with van der Waals surface area (Å²) in [5, 5.41) is 17.5. The molecular formula is C23H22Cl2F4N6O4. The molecule has 3 N–H and O–H groups in total. The van der Waals surface area contributed by atoms with E-state index in [4.69, 9.17) is 33.1 Å². The van der Waals surface area contributed by atoms with Crippen LogP contribution in [0.15, 0.2) is 23.0 Å². The number of likely N-dealkylation sites (tertiary alicyclic amines) is 1. The van der Waals surface area contributed by atoms with Gasteiger partial charge in [0.15, 0.2) is 16.0 Å². The normalized spacial score (nSPS) is 16.8. The van der Waals surface area contributed by atoms with E-state index in [1.165, 1.54) is 6.07 Å². The number of imidazole rings is 1. The second-order valence-corrected chi connectivity index (χ2v) is 10.2. The molecule has 10 nitrogen and oxygen atoms in total. The Balaban J connectivity index is 0.000000448. The van der Waals surface area contributed by atoms with Crippen LogP contribution in [0.1, 0.15) is 40.9 Å². The summed E-state index contributed by atoms with van der Waals surface area (Å²) >= 11 is 12.0. The van der Waals surface area contributed by atoms with E-state index in [-0.39, 0.29) is 39.3 Å². The van der Waals surface area contributed by atoms with E-state index in [9.17, 15) is 27.2 Å². The van der Waals surface area contributed by atoms with Gasteiger partial charge in [-0.2, -0.15) is 18.3 Å². The van der Waals surface area contributed by atoms with Gasteiger partial charge in [-0.25, -0.2) is 23.7 Å². The van der Waals surface area contributed by atoms with Gasteiger partial charge in [-0.1, -0.05) is 29.3 Å². The second kappa shape index (κ2) is 11.1. The molecule has 2 saturated heterocycles. The highest BCUT2D eigenvalue weighted by Gasteiger charge is 2.42. The van der Waals surface area contributed by atoms with E-state index < -0.39 is 23.7 Å². The fourth-order valence-corrected chi connectivity index (χ4v) is 5.26. The minimum absolute atomic E-state index is 0.00943. The van der Waals surface area contributed by atoms with Gasteiger partial charge in [0.1, 0.15) is 17.5 Å². The third-order valence-electron chi connectivity index (χ3n) is 6.88. The number of halogens is 6. The summed E-state index contributed by atoms with van der Waals surface area (Å²) in [4.78, 5) is 39.9. The number of carboxylic acids is 1. The number of nitrogens with two attached hydrogens (primary N) is 1. The Kier molecular flexibility index (Phi) is 8.19. The highest BCUT2D eigenvalue weighted by molar-refractivity contribution is 6.40. The molecule has 0 aliphatic carbocycles. The largest absolute Gasteiger partial charge is 0.542 e. The standard InChI is InChI=1S/C21H21Cl2FN6O2.C2HF3O2/c22-16-17(23)30-18(26-16)15(27-28-20(30)32)10-12-1-2-14(24)13(9-12)19(31)29-8-5-21(11-29)3-6-25-7-4-21;3-2(4,5)1(6)7/h1-2,9,25H,3-8,10-11H2,(H,28,32);(H,6,7). The molecular weight excluding hydrogens is 571 g/mol. The van der Waals surface area contributed by atoms with E-state index in [1.54, 1.807) is 17.0 Å². The number of benzene rings is 1. The molecule has 1 spiro atoms. The highest BCUT2D eigenvalue weighted by Crippen LogP contribution is 2.38. The zero-order chi connectivity index (χ0) is 28.5. The SMILES string of the molecule is O=C([O-])C(F)(F)F.O=C(c1cc(Cc2n[nH]c(=O)n3c(Cl)c(Cl)nc23)ccc1F)N1CCC2(CC[NH2+]CC2)C1. The average Bonchev–Trinajstić information content (AvgIpc) is 3.43. The molecule has 1 amide bonds. The van der Waals surface area contributed by atoms with Crippen LogP contribution >= 0.6 is 23.2 Å². The monoisotopic (exact) mass is 592 g/mol. The molecule has 0 atom stereocenters. The van der Waals surface area contributed by atoms with Gasteiger partial charge < -0.3 is 20.1 Å². The van der Waals surface area contributed by atoms with Crippen molar-refractivity contribution >= 4 is 40.7 Å². The summed E-state index contributed by atoms with van der Waals surface area (Å²) in [6.07, 6.45) is -1.84. The number of aromatic nitrogens is 4. The topological polar surface area (TPSA) is 140 Å². The third-order valence-corrected chi connectivity index (χ3v) is 7.59. The predicted octanol–water partition coefficient (Wildman–Crippen LogP) is 0.942. The van der Waals surface area contributed by atoms with Crippen molar-refractivity contribution in [2.24, 2.45) is 5.41 Å². The van der Waals surface area contributed by atoms with Gasteiger partial charge in [-0.15, -0.1) is 0 Å². The minimum atomic E-state index is -5.19. The maximum Gasteiger partial charge on any atom is 0.430 e. The predicted molar refractivity (Wildman–Crippen MR) is 128 cm³/mol. The summed E-state index contributed by atoms with van der Waals surface area (Å²) < 4.78 is 47.3. The Bertz CT molecular complexity index is 1470. The fraction of sp³-hybridized carbons (Fsp3) is 0.435. The summed E-state index contributed by atoms with van der Waals surface area (Å²) in [5.41, 5.74) is 0.933. The molecule has 2 fully saturated rings. The molecule has 210 valence electrons. The molecule has 0 bridgehead atoms. The van der Waals surface area contributed by atoms with E-state index >= 15 is 0 Å². The molecule has 2 aliphatic rings. The Morgan fingerprint density at radius 3 is 2.49 bits per heavy atom. The molecule has 16 heteroatoms. The van der Waals surface area contributed by atoms with Crippen molar-refractivity contribution in [2.75, 3.05) is 26.2 Å². The molecule has 1 aromatic carbocycles. The lowest BCUT2D eigenvalue weighted by molar-refractivity contribution is -0.667.